The van der Waals surface area contributed by atoms with Gasteiger partial charge in [-0.25, -0.2) is 28.4 Å². The first kappa shape index (κ1) is 18.8. The highest BCUT2D eigenvalue weighted by atomic mass is 32.2. The van der Waals surface area contributed by atoms with Gasteiger partial charge in [0.05, 0.1) is 17.3 Å². The van der Waals surface area contributed by atoms with Crippen LogP contribution in [-0.2, 0) is 16.6 Å². The molecule has 2 N–H and O–H groups in total. The van der Waals surface area contributed by atoms with E-state index < -0.39 is 10.0 Å². The fraction of sp³-hybridized carbons (Fsp3) is 0.158. The molecule has 0 saturated heterocycles. The van der Waals surface area contributed by atoms with E-state index in [-0.39, 0.29) is 0 Å². The molecule has 29 heavy (non-hydrogen) atoms. The van der Waals surface area contributed by atoms with Crippen LogP contribution in [-0.4, -0.2) is 46.6 Å². The van der Waals surface area contributed by atoms with E-state index in [1.807, 2.05) is 30.3 Å². The van der Waals surface area contributed by atoms with Crippen LogP contribution < -0.4 is 9.62 Å². The molecule has 148 valence electrons. The summed E-state index contributed by atoms with van der Waals surface area (Å²) in [5, 5.41) is 3.20. The molecular formula is C19H19N7O2S. The Morgan fingerprint density at radius 2 is 1.86 bits per heavy atom. The molecule has 0 bridgehead atoms. The molecule has 0 radical (unpaired) electrons. The lowest BCUT2D eigenvalue weighted by molar-refractivity contribution is 0.599. The Kier molecular flexibility index (Phi) is 4.85. The van der Waals surface area contributed by atoms with Gasteiger partial charge in [-0.05, 0) is 24.3 Å². The molecule has 0 fully saturated rings. The molecule has 0 atom stereocenters. The van der Waals surface area contributed by atoms with Crippen molar-refractivity contribution in [2.24, 2.45) is 0 Å². The van der Waals surface area contributed by atoms with Crippen LogP contribution in [0.15, 0.2) is 54.9 Å². The number of para-hydroxylation sites is 2. The second-order valence-electron chi connectivity index (χ2n) is 6.44. The number of nitrogens with zero attached hydrogens (tertiary/aromatic N) is 5. The van der Waals surface area contributed by atoms with Crippen molar-refractivity contribution in [2.45, 2.75) is 6.54 Å². The van der Waals surface area contributed by atoms with Gasteiger partial charge in [-0.1, -0.05) is 18.2 Å². The van der Waals surface area contributed by atoms with Gasteiger partial charge in [0.25, 0.3) is 0 Å². The van der Waals surface area contributed by atoms with E-state index in [2.05, 4.69) is 30.2 Å². The van der Waals surface area contributed by atoms with Crippen molar-refractivity contribution in [3.05, 3.63) is 60.4 Å². The number of pyridine rings is 1. The Morgan fingerprint density at radius 3 is 2.66 bits per heavy atom. The van der Waals surface area contributed by atoms with Gasteiger partial charge in [0.1, 0.15) is 11.6 Å². The number of sulfonamides is 1. The lowest BCUT2D eigenvalue weighted by atomic mass is 10.2. The largest absolute Gasteiger partial charge is 0.366 e. The van der Waals surface area contributed by atoms with Gasteiger partial charge in [0.2, 0.25) is 10.0 Å². The highest BCUT2D eigenvalue weighted by molar-refractivity contribution is 7.92. The standard InChI is InChI=1S/C19H19N7O2S/c1-26(29(2,27)28)19-13(6-5-10-21-19)12-22-16-9-11-20-17(25-16)18-23-14-7-3-4-8-15(14)24-18/h3-11H,12H2,1-2H3,(H,23,24)(H,20,22,25). The zero-order valence-electron chi connectivity index (χ0n) is 15.9. The Morgan fingerprint density at radius 1 is 1.03 bits per heavy atom. The van der Waals surface area contributed by atoms with Crippen molar-refractivity contribution in [2.75, 3.05) is 22.9 Å². The molecule has 0 aliphatic carbocycles. The van der Waals surface area contributed by atoms with Gasteiger partial charge in [-0.3, -0.25) is 4.31 Å². The monoisotopic (exact) mass is 409 g/mol. The predicted molar refractivity (Wildman–Crippen MR) is 112 cm³/mol. The minimum absolute atomic E-state index is 0.347. The molecule has 3 heterocycles. The number of nitrogens with one attached hydrogen (secondary N) is 2. The summed E-state index contributed by atoms with van der Waals surface area (Å²) in [4.78, 5) is 20.7. The van der Waals surface area contributed by atoms with Crippen molar-refractivity contribution < 1.29 is 8.42 Å². The molecule has 1 aromatic carbocycles. The number of hydrogen-bond donors (Lipinski definition) is 2. The minimum atomic E-state index is -3.41. The molecule has 0 aliphatic rings. The molecule has 0 saturated carbocycles. The maximum Gasteiger partial charge on any atom is 0.233 e. The van der Waals surface area contributed by atoms with Crippen molar-refractivity contribution in [1.29, 1.82) is 0 Å². The van der Waals surface area contributed by atoms with Crippen LogP contribution in [0.2, 0.25) is 0 Å². The van der Waals surface area contributed by atoms with E-state index in [0.29, 0.717) is 29.8 Å². The summed E-state index contributed by atoms with van der Waals surface area (Å²) in [6.45, 7) is 0.347. The Balaban J connectivity index is 1.57. The molecular weight excluding hydrogens is 390 g/mol. The average Bonchev–Trinajstić information content (AvgIpc) is 3.16. The fourth-order valence-corrected chi connectivity index (χ4v) is 3.30. The quantitative estimate of drug-likeness (QED) is 0.502. The molecule has 10 heteroatoms. The number of fused-ring (bicyclic) bond motifs is 1. The smallest absolute Gasteiger partial charge is 0.233 e. The highest BCUT2D eigenvalue weighted by Crippen LogP contribution is 2.21. The zero-order valence-corrected chi connectivity index (χ0v) is 16.7. The van der Waals surface area contributed by atoms with Gasteiger partial charge in [-0.15, -0.1) is 0 Å². The van der Waals surface area contributed by atoms with E-state index >= 15 is 0 Å². The topological polar surface area (TPSA) is 117 Å². The van der Waals surface area contributed by atoms with Crippen LogP contribution >= 0.6 is 0 Å². The maximum absolute atomic E-state index is 11.9. The molecule has 4 aromatic rings. The molecule has 4 rings (SSSR count). The number of benzene rings is 1. The van der Waals surface area contributed by atoms with Crippen molar-refractivity contribution >= 4 is 32.7 Å². The summed E-state index contributed by atoms with van der Waals surface area (Å²) in [5.41, 5.74) is 2.48. The van der Waals surface area contributed by atoms with E-state index in [9.17, 15) is 8.42 Å². The fourth-order valence-electron chi connectivity index (χ4n) is 2.82. The minimum Gasteiger partial charge on any atom is -0.366 e. The van der Waals surface area contributed by atoms with Crippen LogP contribution in [0.1, 0.15) is 5.56 Å². The molecule has 0 aliphatic heterocycles. The van der Waals surface area contributed by atoms with Crippen LogP contribution in [0.3, 0.4) is 0 Å². The van der Waals surface area contributed by atoms with Gasteiger partial charge >= 0.3 is 0 Å². The second kappa shape index (κ2) is 7.47. The third-order valence-corrected chi connectivity index (χ3v) is 5.55. The van der Waals surface area contributed by atoms with Crippen LogP contribution in [0.5, 0.6) is 0 Å². The summed E-state index contributed by atoms with van der Waals surface area (Å²) < 4.78 is 24.9. The summed E-state index contributed by atoms with van der Waals surface area (Å²) in [7, 11) is -1.93. The molecule has 0 amide bonds. The van der Waals surface area contributed by atoms with Gasteiger partial charge in [0, 0.05) is 31.5 Å². The van der Waals surface area contributed by atoms with Crippen molar-refractivity contribution in [3.8, 4) is 11.6 Å². The Labute approximate surface area is 167 Å². The number of anilines is 2. The van der Waals surface area contributed by atoms with E-state index in [4.69, 9.17) is 0 Å². The molecule has 3 aromatic heterocycles. The predicted octanol–water partition coefficient (Wildman–Crippen LogP) is 2.42. The summed E-state index contributed by atoms with van der Waals surface area (Å²) >= 11 is 0. The number of rotatable bonds is 6. The SMILES string of the molecule is CN(c1ncccc1CNc1ccnc(-c2nc3ccccc3[nH]2)n1)S(C)(=O)=O. The average molecular weight is 409 g/mol. The number of H-pyrrole nitrogens is 1. The summed E-state index contributed by atoms with van der Waals surface area (Å²) in [6, 6.07) is 13.0. The van der Waals surface area contributed by atoms with Gasteiger partial charge in [-0.2, -0.15) is 0 Å². The van der Waals surface area contributed by atoms with Gasteiger partial charge in [0.15, 0.2) is 11.6 Å². The van der Waals surface area contributed by atoms with Crippen LogP contribution in [0.25, 0.3) is 22.7 Å². The molecule has 0 unspecified atom stereocenters. The van der Waals surface area contributed by atoms with E-state index in [1.54, 1.807) is 24.5 Å². The lowest BCUT2D eigenvalue weighted by Crippen LogP contribution is -2.27. The zero-order chi connectivity index (χ0) is 20.4. The maximum atomic E-state index is 11.9. The summed E-state index contributed by atoms with van der Waals surface area (Å²) in [6.07, 6.45) is 4.35. The first-order valence-electron chi connectivity index (χ1n) is 8.81. The third kappa shape index (κ3) is 4.02. The first-order chi connectivity index (χ1) is 13.9. The lowest BCUT2D eigenvalue weighted by Gasteiger charge is -2.19. The first-order valence-corrected chi connectivity index (χ1v) is 10.7. The van der Waals surface area contributed by atoms with Crippen molar-refractivity contribution in [1.82, 2.24) is 24.9 Å². The normalized spacial score (nSPS) is 11.5. The summed E-state index contributed by atoms with van der Waals surface area (Å²) in [5.74, 6) is 2.00. The number of aromatic nitrogens is 5. The van der Waals surface area contributed by atoms with Gasteiger partial charge < -0.3 is 10.3 Å². The van der Waals surface area contributed by atoms with E-state index in [0.717, 1.165) is 27.2 Å². The Bertz CT molecular complexity index is 1240. The number of aromatic amines is 1. The molecule has 0 spiro atoms. The number of hydrogen-bond acceptors (Lipinski definition) is 7. The van der Waals surface area contributed by atoms with Crippen molar-refractivity contribution in [3.63, 3.8) is 0 Å². The third-order valence-electron chi connectivity index (χ3n) is 4.38. The van der Waals surface area contributed by atoms with E-state index in [1.165, 1.54) is 7.05 Å². The second-order valence-corrected chi connectivity index (χ2v) is 8.45. The Hall–Kier alpha value is -3.53. The highest BCUT2D eigenvalue weighted by Gasteiger charge is 2.17. The van der Waals surface area contributed by atoms with Crippen LogP contribution in [0.4, 0.5) is 11.6 Å². The number of imidazole rings is 1. The van der Waals surface area contributed by atoms with Crippen LogP contribution in [0, 0.1) is 0 Å². The molecule has 9 nitrogen and oxygen atoms in total.